The highest BCUT2D eigenvalue weighted by molar-refractivity contribution is 5.96. The van der Waals surface area contributed by atoms with E-state index in [0.29, 0.717) is 5.56 Å². The second-order valence-electron chi connectivity index (χ2n) is 3.92. The monoisotopic (exact) mass is 221 g/mol. The lowest BCUT2D eigenvalue weighted by Crippen LogP contribution is -2.39. The number of hydrogen-bond donors (Lipinski definition) is 4. The zero-order chi connectivity index (χ0) is 11.5. The molecule has 0 bridgehead atoms. The standard InChI is InChI=1S/C11H15N3O2/c12-10-8(11(16)14-13-10)6-9(15)7-4-2-1-3-5-7/h1-5,8,10-11,13-14,16H,6,12H2. The maximum Gasteiger partial charge on any atom is 0.163 e. The van der Waals surface area contributed by atoms with Crippen LogP contribution >= 0.6 is 0 Å². The first-order valence-corrected chi connectivity index (χ1v) is 5.21. The Morgan fingerprint density at radius 1 is 1.31 bits per heavy atom. The van der Waals surface area contributed by atoms with Crippen LogP contribution in [0.4, 0.5) is 0 Å². The van der Waals surface area contributed by atoms with Gasteiger partial charge >= 0.3 is 0 Å². The minimum Gasteiger partial charge on any atom is -0.377 e. The van der Waals surface area contributed by atoms with E-state index in [1.54, 1.807) is 12.1 Å². The summed E-state index contributed by atoms with van der Waals surface area (Å²) in [5.74, 6) is -0.307. The molecule has 5 N–H and O–H groups in total. The highest BCUT2D eigenvalue weighted by Crippen LogP contribution is 2.17. The number of ketones is 1. The maximum absolute atomic E-state index is 11.9. The van der Waals surface area contributed by atoms with Crippen molar-refractivity contribution in [2.75, 3.05) is 0 Å². The van der Waals surface area contributed by atoms with Crippen molar-refractivity contribution < 1.29 is 9.90 Å². The number of carbonyl (C=O) groups is 1. The van der Waals surface area contributed by atoms with E-state index in [2.05, 4.69) is 10.9 Å². The molecule has 3 atom stereocenters. The van der Waals surface area contributed by atoms with Crippen LogP contribution in [0.25, 0.3) is 0 Å². The molecule has 1 aromatic carbocycles. The van der Waals surface area contributed by atoms with Crippen LogP contribution < -0.4 is 16.6 Å². The first-order chi connectivity index (χ1) is 7.68. The molecule has 1 heterocycles. The van der Waals surface area contributed by atoms with Gasteiger partial charge in [0.2, 0.25) is 0 Å². The lowest BCUT2D eigenvalue weighted by Gasteiger charge is -2.15. The number of nitrogens with two attached hydrogens (primary N) is 1. The fourth-order valence-corrected chi connectivity index (χ4v) is 1.79. The lowest BCUT2D eigenvalue weighted by atomic mass is 9.96. The molecule has 3 unspecified atom stereocenters. The summed E-state index contributed by atoms with van der Waals surface area (Å²) in [7, 11) is 0. The predicted molar refractivity (Wildman–Crippen MR) is 59.1 cm³/mol. The molecule has 0 aliphatic carbocycles. The highest BCUT2D eigenvalue weighted by Gasteiger charge is 2.33. The van der Waals surface area contributed by atoms with Crippen molar-refractivity contribution in [3.63, 3.8) is 0 Å². The molecule has 86 valence electrons. The first kappa shape index (κ1) is 11.2. The predicted octanol–water partition coefficient (Wildman–Crippen LogP) is -0.413. The third-order valence-electron chi connectivity index (χ3n) is 2.78. The summed E-state index contributed by atoms with van der Waals surface area (Å²) in [5.41, 5.74) is 11.7. The van der Waals surface area contributed by atoms with Crippen molar-refractivity contribution in [3.05, 3.63) is 35.9 Å². The summed E-state index contributed by atoms with van der Waals surface area (Å²) >= 11 is 0. The number of carbonyl (C=O) groups excluding carboxylic acids is 1. The molecule has 1 saturated heterocycles. The van der Waals surface area contributed by atoms with Crippen molar-refractivity contribution in [3.8, 4) is 0 Å². The molecule has 1 aliphatic rings. The van der Waals surface area contributed by atoms with E-state index in [-0.39, 0.29) is 18.1 Å². The van der Waals surface area contributed by atoms with Gasteiger partial charge in [0.1, 0.15) is 6.23 Å². The van der Waals surface area contributed by atoms with Crippen LogP contribution in [-0.2, 0) is 0 Å². The molecule has 0 saturated carbocycles. The summed E-state index contributed by atoms with van der Waals surface area (Å²) in [6, 6.07) is 9.01. The third kappa shape index (κ3) is 2.28. The number of hydrogen-bond acceptors (Lipinski definition) is 5. The van der Waals surface area contributed by atoms with Gasteiger partial charge in [-0.25, -0.2) is 10.9 Å². The molecule has 0 spiro atoms. The van der Waals surface area contributed by atoms with Gasteiger partial charge in [-0.15, -0.1) is 0 Å². The topological polar surface area (TPSA) is 87.4 Å². The van der Waals surface area contributed by atoms with Crippen LogP contribution in [0, 0.1) is 5.92 Å². The Labute approximate surface area is 93.6 Å². The number of benzene rings is 1. The quantitative estimate of drug-likeness (QED) is 0.521. The second kappa shape index (κ2) is 4.71. The third-order valence-corrected chi connectivity index (χ3v) is 2.78. The number of nitrogens with one attached hydrogen (secondary N) is 2. The van der Waals surface area contributed by atoms with Crippen LogP contribution in [0.5, 0.6) is 0 Å². The number of hydrazine groups is 1. The van der Waals surface area contributed by atoms with E-state index < -0.39 is 12.4 Å². The highest BCUT2D eigenvalue weighted by atomic mass is 16.3. The number of Topliss-reactive ketones (excluding diaryl/α,β-unsaturated/α-hetero) is 1. The van der Waals surface area contributed by atoms with Crippen molar-refractivity contribution in [1.82, 2.24) is 10.9 Å². The van der Waals surface area contributed by atoms with Crippen LogP contribution in [0.1, 0.15) is 16.8 Å². The zero-order valence-corrected chi connectivity index (χ0v) is 8.76. The van der Waals surface area contributed by atoms with Crippen LogP contribution in [0.3, 0.4) is 0 Å². The largest absolute Gasteiger partial charge is 0.377 e. The van der Waals surface area contributed by atoms with Gasteiger partial charge in [0.15, 0.2) is 5.78 Å². The Morgan fingerprint density at radius 2 is 2.00 bits per heavy atom. The van der Waals surface area contributed by atoms with Gasteiger partial charge in [-0.3, -0.25) is 4.79 Å². The Hall–Kier alpha value is -1.27. The van der Waals surface area contributed by atoms with Gasteiger partial charge in [-0.1, -0.05) is 30.3 Å². The summed E-state index contributed by atoms with van der Waals surface area (Å²) in [4.78, 5) is 11.9. The molecular weight excluding hydrogens is 206 g/mol. The Balaban J connectivity index is 2.02. The molecule has 0 aromatic heterocycles. The minimum atomic E-state index is -0.775. The van der Waals surface area contributed by atoms with Crippen molar-refractivity contribution in [2.24, 2.45) is 11.7 Å². The number of aliphatic hydroxyl groups excluding tert-OH is 1. The van der Waals surface area contributed by atoms with E-state index in [0.717, 1.165) is 0 Å². The van der Waals surface area contributed by atoms with Crippen LogP contribution in [0.15, 0.2) is 30.3 Å². The van der Waals surface area contributed by atoms with Crippen molar-refractivity contribution in [1.29, 1.82) is 0 Å². The summed E-state index contributed by atoms with van der Waals surface area (Å²) in [6.07, 6.45) is -0.947. The summed E-state index contributed by atoms with van der Waals surface area (Å²) in [6.45, 7) is 0. The number of rotatable bonds is 3. The van der Waals surface area contributed by atoms with E-state index >= 15 is 0 Å². The molecule has 16 heavy (non-hydrogen) atoms. The molecule has 1 aliphatic heterocycles. The first-order valence-electron chi connectivity index (χ1n) is 5.21. The van der Waals surface area contributed by atoms with Gasteiger partial charge in [0.05, 0.1) is 6.17 Å². The molecule has 1 aromatic rings. The zero-order valence-electron chi connectivity index (χ0n) is 8.76. The van der Waals surface area contributed by atoms with Crippen molar-refractivity contribution >= 4 is 5.78 Å². The van der Waals surface area contributed by atoms with E-state index in [9.17, 15) is 9.90 Å². The SMILES string of the molecule is NC1NNC(O)C1CC(=O)c1ccccc1. The fourth-order valence-electron chi connectivity index (χ4n) is 1.79. The van der Waals surface area contributed by atoms with Gasteiger partial charge in [-0.2, -0.15) is 0 Å². The van der Waals surface area contributed by atoms with Crippen LogP contribution in [0.2, 0.25) is 0 Å². The molecule has 5 nitrogen and oxygen atoms in total. The van der Waals surface area contributed by atoms with Crippen molar-refractivity contribution in [2.45, 2.75) is 18.8 Å². The van der Waals surface area contributed by atoms with Gasteiger partial charge in [-0.05, 0) is 0 Å². The minimum absolute atomic E-state index is 0.00870. The van der Waals surface area contributed by atoms with Gasteiger partial charge in [0.25, 0.3) is 0 Å². The second-order valence-corrected chi connectivity index (χ2v) is 3.92. The van der Waals surface area contributed by atoms with E-state index in [1.807, 2.05) is 18.2 Å². The Kier molecular flexibility index (Phi) is 3.31. The maximum atomic E-state index is 11.9. The number of aliphatic hydroxyl groups is 1. The average molecular weight is 221 g/mol. The molecule has 1 fully saturated rings. The lowest BCUT2D eigenvalue weighted by molar-refractivity contribution is 0.0799. The van der Waals surface area contributed by atoms with E-state index in [4.69, 9.17) is 5.73 Å². The van der Waals surface area contributed by atoms with Gasteiger partial charge in [0, 0.05) is 17.9 Å². The summed E-state index contributed by atoms with van der Waals surface area (Å²) in [5, 5.41) is 9.55. The van der Waals surface area contributed by atoms with Crippen LogP contribution in [-0.4, -0.2) is 23.3 Å². The Morgan fingerprint density at radius 3 is 2.56 bits per heavy atom. The fraction of sp³-hybridized carbons (Fsp3) is 0.364. The van der Waals surface area contributed by atoms with Gasteiger partial charge < -0.3 is 10.8 Å². The molecule has 0 amide bonds. The smallest absolute Gasteiger partial charge is 0.163 e. The molecule has 5 heteroatoms. The average Bonchev–Trinajstić information content (AvgIpc) is 2.62. The molecular formula is C11H15N3O2. The summed E-state index contributed by atoms with van der Waals surface area (Å²) < 4.78 is 0. The Bertz CT molecular complexity index is 359. The normalized spacial score (nSPS) is 29.2. The molecule has 2 rings (SSSR count). The molecule has 0 radical (unpaired) electrons. The van der Waals surface area contributed by atoms with E-state index in [1.165, 1.54) is 0 Å².